The van der Waals surface area contributed by atoms with Crippen molar-refractivity contribution in [2.75, 3.05) is 0 Å². The number of nitrogens with zero attached hydrogens (tertiary/aromatic N) is 12. The van der Waals surface area contributed by atoms with E-state index in [9.17, 15) is 25.9 Å². The van der Waals surface area contributed by atoms with Gasteiger partial charge in [-0.05, 0) is 83.1 Å². The fourth-order valence-electron chi connectivity index (χ4n) is 3.91. The molecule has 0 saturated heterocycles. The lowest BCUT2D eigenvalue weighted by molar-refractivity contribution is 0.338. The van der Waals surface area contributed by atoms with Crippen LogP contribution in [0, 0.1) is 83.1 Å². The Morgan fingerprint density at radius 3 is 0.240 bits per heavy atom. The van der Waals surface area contributed by atoms with E-state index in [4.69, 9.17) is 60.3 Å². The summed E-state index contributed by atoms with van der Waals surface area (Å²) in [6, 6.07) is 0. The van der Waals surface area contributed by atoms with Gasteiger partial charge in [-0.25, -0.2) is 59.8 Å². The fraction of sp³-hybridized carbons (Fsp3) is 0.250. The lowest BCUT2D eigenvalue weighted by Gasteiger charge is -1.67. The lowest BCUT2D eigenvalue weighted by Crippen LogP contribution is -1.98. The number of aromatic amines is 12. The van der Waals surface area contributed by atoms with Crippen molar-refractivity contribution in [1.29, 1.82) is 0 Å². The fourth-order valence-corrected chi connectivity index (χ4v) is 3.91. The number of hydrogen-bond donors (Lipinski definition) is 24. The van der Waals surface area contributed by atoms with Crippen molar-refractivity contribution in [2.24, 2.45) is 0 Å². The second kappa shape index (κ2) is 70.9. The highest BCUT2D eigenvalue weighted by Gasteiger charge is 1.99. The predicted molar refractivity (Wildman–Crippen MR) is 348 cm³/mol. The van der Waals surface area contributed by atoms with Crippen molar-refractivity contribution in [3.8, 4) is 0 Å². The highest BCUT2D eigenvalue weighted by molar-refractivity contribution is 6.32. The predicted octanol–water partition coefficient (Wildman–Crippen LogP) is 2.17. The molecule has 48 heteroatoms. The monoisotopic (exact) mass is 1370 g/mol. The van der Waals surface area contributed by atoms with E-state index < -0.39 is 44.4 Å². The molecule has 96 heavy (non-hydrogen) atoms. The quantitative estimate of drug-likeness (QED) is 0.0764. The van der Waals surface area contributed by atoms with E-state index in [0.717, 1.165) is 68.3 Å². The average Bonchev–Trinajstić information content (AvgIpc) is 4.39. The van der Waals surface area contributed by atoms with Crippen molar-refractivity contribution < 1.29 is 86.2 Å². The summed E-state index contributed by atoms with van der Waals surface area (Å²) >= 11 is 0. The third kappa shape index (κ3) is 106. The van der Waals surface area contributed by atoms with Crippen molar-refractivity contribution >= 4 is 44.4 Å². The van der Waals surface area contributed by atoms with Crippen LogP contribution in [0.1, 0.15) is 68.3 Å². The Balaban J connectivity index is -0.000000224. The van der Waals surface area contributed by atoms with E-state index in [-0.39, 0.29) is 0 Å². The van der Waals surface area contributed by atoms with Crippen LogP contribution in [-0.4, -0.2) is 224 Å². The smallest absolute Gasteiger partial charge is 0.398 e. The van der Waals surface area contributed by atoms with E-state index in [0.29, 0.717) is 0 Å². The second-order valence-electron chi connectivity index (χ2n) is 16.7. The van der Waals surface area contributed by atoms with Gasteiger partial charge in [0.2, 0.25) is 0 Å². The SMILES string of the molecule is Cc1cnc[nH]1.Cc1cnc[nH]1.Cc1cnc[nH]1.Cc1cnc[nH]1.Cc1cnc[nH]1.Cc1cnc[nH]1.Cc1cnc[nH]1.Cc1cnc[nH]1.Cc1cnc[nH]1.Cc1cnc[nH]1.Cc1cnc[nH]1.Cc1cnc[nH]1.OB(O)F.OB(O)F.OB(O)F.OB(O)F.OB(O)F.OB(O)F. The van der Waals surface area contributed by atoms with E-state index in [1.165, 1.54) is 0 Å². The summed E-state index contributed by atoms with van der Waals surface area (Å²) in [5.74, 6) is 0. The summed E-state index contributed by atoms with van der Waals surface area (Å²) in [6.07, 6.45) is 41.3. The second-order valence-corrected chi connectivity index (χ2v) is 16.7. The Bertz CT molecular complexity index is 2370. The maximum atomic E-state index is 10.1. The number of H-pyrrole nitrogens is 12. The van der Waals surface area contributed by atoms with Crippen LogP contribution < -0.4 is 0 Å². The van der Waals surface area contributed by atoms with Crippen LogP contribution in [0.3, 0.4) is 0 Å². The highest BCUT2D eigenvalue weighted by atomic mass is 19.1. The van der Waals surface area contributed by atoms with E-state index in [2.05, 4.69) is 120 Å². The van der Waals surface area contributed by atoms with Gasteiger partial charge >= 0.3 is 44.4 Å². The number of rotatable bonds is 0. The molecule has 0 unspecified atom stereocenters. The molecule has 0 aliphatic carbocycles. The molecular weight excluding hydrogens is 1280 g/mol. The molecule has 0 saturated carbocycles. The highest BCUT2D eigenvalue weighted by Crippen LogP contribution is 1.87. The first-order valence-electron chi connectivity index (χ1n) is 26.5. The van der Waals surface area contributed by atoms with Gasteiger partial charge in [-0.3, -0.25) is 25.9 Å². The van der Waals surface area contributed by atoms with Gasteiger partial charge in [0.05, 0.1) is 75.9 Å². The third-order valence-corrected chi connectivity index (χ3v) is 7.62. The molecule has 528 valence electrons. The zero-order valence-corrected chi connectivity index (χ0v) is 54.3. The minimum absolute atomic E-state index is 1.11. The number of imidazole rings is 12. The summed E-state index contributed by atoms with van der Waals surface area (Å²) in [7, 11) is -16.0. The van der Waals surface area contributed by atoms with E-state index >= 15 is 0 Å². The zero-order valence-electron chi connectivity index (χ0n) is 54.3. The number of aryl methyl sites for hydroxylation is 12. The van der Waals surface area contributed by atoms with Crippen LogP contribution in [0.15, 0.2) is 150 Å². The van der Waals surface area contributed by atoms with Crippen LogP contribution in [0.2, 0.25) is 0 Å². The molecule has 0 aliphatic rings. The summed E-state index contributed by atoms with van der Waals surface area (Å²) in [4.78, 5) is 79.9. The number of aromatic nitrogens is 24. The van der Waals surface area contributed by atoms with Crippen molar-refractivity contribution in [2.45, 2.75) is 83.1 Å². The molecule has 12 aromatic rings. The van der Waals surface area contributed by atoms with Crippen LogP contribution in [-0.2, 0) is 0 Å². The zero-order chi connectivity index (χ0) is 74.3. The molecule has 0 amide bonds. The first kappa shape index (κ1) is 97.1. The molecule has 0 aliphatic heterocycles. The molecule has 24 N–H and O–H groups in total. The standard InChI is InChI=1S/12C4H6N2.6BFH2O2/c12*1-4-2-5-3-6-4;6*2-1(3)4/h12*2-3H,1H3,(H,5,6);6*3-4H. The average molecular weight is 1370 g/mol. The van der Waals surface area contributed by atoms with Crippen molar-refractivity contribution in [3.63, 3.8) is 0 Å². The first-order valence-corrected chi connectivity index (χ1v) is 26.5. The van der Waals surface area contributed by atoms with Gasteiger partial charge in [-0.15, -0.1) is 0 Å². The Morgan fingerprint density at radius 2 is 0.229 bits per heavy atom. The molecule has 0 bridgehead atoms. The van der Waals surface area contributed by atoms with Gasteiger partial charge in [0.15, 0.2) is 0 Å². The van der Waals surface area contributed by atoms with E-state index in [1.807, 2.05) is 83.1 Å². The topological polar surface area (TPSA) is 587 Å². The molecule has 0 atom stereocenters. The Hall–Kier alpha value is -9.99. The molecule has 0 fully saturated rings. The van der Waals surface area contributed by atoms with Crippen LogP contribution in [0.25, 0.3) is 0 Å². The summed E-state index contributed by atoms with van der Waals surface area (Å²) < 4.78 is 60.7. The minimum atomic E-state index is -2.67. The van der Waals surface area contributed by atoms with Crippen molar-refractivity contribution in [3.05, 3.63) is 219 Å². The molecule has 12 rings (SSSR count). The first-order chi connectivity index (χ1) is 45.1. The lowest BCUT2D eigenvalue weighted by atomic mass is 10.3. The summed E-state index contributed by atoms with van der Waals surface area (Å²) in [6.45, 7) is 23.6. The van der Waals surface area contributed by atoms with Crippen molar-refractivity contribution in [1.82, 2.24) is 120 Å². The van der Waals surface area contributed by atoms with Crippen LogP contribution in [0.4, 0.5) is 25.9 Å². The largest absolute Gasteiger partial charge is 0.674 e. The van der Waals surface area contributed by atoms with E-state index in [1.54, 1.807) is 150 Å². The third-order valence-electron chi connectivity index (χ3n) is 7.62. The van der Waals surface area contributed by atoms with Gasteiger partial charge in [0, 0.05) is 143 Å². The Labute approximate surface area is 550 Å². The van der Waals surface area contributed by atoms with Crippen LogP contribution >= 0.6 is 0 Å². The van der Waals surface area contributed by atoms with Gasteiger partial charge in [-0.2, -0.15) is 0 Å². The van der Waals surface area contributed by atoms with Gasteiger partial charge in [-0.1, -0.05) is 0 Å². The summed E-state index contributed by atoms with van der Waals surface area (Å²) in [5, 5.41) is 83.3. The Kier molecular flexibility index (Phi) is 71.7. The molecule has 12 aromatic heterocycles. The number of nitrogens with one attached hydrogen (secondary N) is 12. The van der Waals surface area contributed by atoms with Gasteiger partial charge < -0.3 is 120 Å². The molecular formula is C48H84B6F6N24O12. The summed E-state index contributed by atoms with van der Waals surface area (Å²) in [5.41, 5.74) is 13.3. The van der Waals surface area contributed by atoms with Gasteiger partial charge in [0.1, 0.15) is 0 Å². The molecule has 0 aromatic carbocycles. The van der Waals surface area contributed by atoms with Gasteiger partial charge in [0.25, 0.3) is 0 Å². The number of halogens is 6. The normalized spacial score (nSPS) is 8.31. The molecule has 12 heterocycles. The Morgan fingerprint density at radius 1 is 0.177 bits per heavy atom. The maximum Gasteiger partial charge on any atom is 0.674 e. The molecule has 0 spiro atoms. The molecule has 36 nitrogen and oxygen atoms in total. The maximum absolute atomic E-state index is 10.1. The van der Waals surface area contributed by atoms with Crippen LogP contribution in [0.5, 0.6) is 0 Å². The molecule has 0 radical (unpaired) electrons. The minimum Gasteiger partial charge on any atom is -0.398 e. The number of hydrogen-bond acceptors (Lipinski definition) is 24.